The van der Waals surface area contributed by atoms with Crippen molar-refractivity contribution in [2.75, 3.05) is 6.61 Å². The van der Waals surface area contributed by atoms with Gasteiger partial charge in [-0.15, -0.1) is 0 Å². The summed E-state index contributed by atoms with van der Waals surface area (Å²) in [6.07, 6.45) is -0.0153. The van der Waals surface area contributed by atoms with E-state index in [0.29, 0.717) is 0 Å². The largest absolute Gasteiger partial charge is 0.462 e. The van der Waals surface area contributed by atoms with Gasteiger partial charge in [0.05, 0.1) is 6.61 Å². The third-order valence-electron chi connectivity index (χ3n) is 1.77. The molecule has 0 aliphatic heterocycles. The molecule has 1 amide bonds. The van der Waals surface area contributed by atoms with Gasteiger partial charge in [-0.05, 0) is 12.5 Å². The third kappa shape index (κ3) is 5.46. The van der Waals surface area contributed by atoms with Crippen molar-refractivity contribution in [3.63, 3.8) is 0 Å². The Morgan fingerprint density at radius 2 is 1.94 bits per heavy atom. The Hall–Kier alpha value is -2.17. The SMILES string of the molecule is CCOC(=O)/C=N/C(=O)OCc1ccccc1. The molecule has 5 nitrogen and oxygen atoms in total. The fourth-order valence-electron chi connectivity index (χ4n) is 1.04. The Morgan fingerprint density at radius 1 is 1.24 bits per heavy atom. The molecule has 1 aromatic carbocycles. The van der Waals surface area contributed by atoms with Gasteiger partial charge in [-0.2, -0.15) is 4.99 Å². The molecule has 17 heavy (non-hydrogen) atoms. The van der Waals surface area contributed by atoms with Gasteiger partial charge in [0, 0.05) is 0 Å². The van der Waals surface area contributed by atoms with Crippen LogP contribution in [0.15, 0.2) is 35.3 Å². The van der Waals surface area contributed by atoms with E-state index in [0.717, 1.165) is 11.8 Å². The highest BCUT2D eigenvalue weighted by molar-refractivity contribution is 6.24. The number of carbonyl (C=O) groups excluding carboxylic acids is 2. The molecule has 0 aliphatic carbocycles. The smallest absolute Gasteiger partial charge is 0.434 e. The molecule has 0 radical (unpaired) electrons. The number of nitrogens with zero attached hydrogens (tertiary/aromatic N) is 1. The maximum absolute atomic E-state index is 11.1. The van der Waals surface area contributed by atoms with E-state index in [2.05, 4.69) is 9.73 Å². The molecule has 1 aromatic rings. The number of carbonyl (C=O) groups is 2. The maximum Gasteiger partial charge on any atom is 0.434 e. The Bertz CT molecular complexity index is 400. The lowest BCUT2D eigenvalue weighted by Gasteiger charge is -2.00. The van der Waals surface area contributed by atoms with E-state index >= 15 is 0 Å². The van der Waals surface area contributed by atoms with Crippen LogP contribution in [-0.4, -0.2) is 24.9 Å². The van der Waals surface area contributed by atoms with Crippen LogP contribution < -0.4 is 0 Å². The Balaban J connectivity index is 2.33. The predicted octanol–water partition coefficient (Wildman–Crippen LogP) is 1.96. The predicted molar refractivity (Wildman–Crippen MR) is 61.8 cm³/mol. The molecule has 0 heterocycles. The number of esters is 1. The van der Waals surface area contributed by atoms with Gasteiger partial charge in [0.15, 0.2) is 0 Å². The van der Waals surface area contributed by atoms with Crippen LogP contribution in [0.4, 0.5) is 4.79 Å². The van der Waals surface area contributed by atoms with Gasteiger partial charge < -0.3 is 9.47 Å². The van der Waals surface area contributed by atoms with Crippen LogP contribution in [0.1, 0.15) is 12.5 Å². The summed E-state index contributed by atoms with van der Waals surface area (Å²) in [4.78, 5) is 25.2. The Labute approximate surface area is 99.1 Å². The zero-order valence-electron chi connectivity index (χ0n) is 9.46. The molecule has 0 fully saturated rings. The summed E-state index contributed by atoms with van der Waals surface area (Å²) in [7, 11) is 0. The first-order valence-electron chi connectivity index (χ1n) is 5.14. The van der Waals surface area contributed by atoms with E-state index < -0.39 is 12.1 Å². The number of hydrogen-bond acceptors (Lipinski definition) is 4. The summed E-state index contributed by atoms with van der Waals surface area (Å²) in [6, 6.07) is 9.19. The number of amides is 1. The summed E-state index contributed by atoms with van der Waals surface area (Å²) in [6.45, 7) is 2.03. The van der Waals surface area contributed by atoms with E-state index in [4.69, 9.17) is 4.74 Å². The van der Waals surface area contributed by atoms with E-state index in [9.17, 15) is 9.59 Å². The molecule has 1 rings (SSSR count). The lowest BCUT2D eigenvalue weighted by Crippen LogP contribution is -2.07. The summed E-state index contributed by atoms with van der Waals surface area (Å²) in [5.74, 6) is -0.663. The summed E-state index contributed by atoms with van der Waals surface area (Å²) < 4.78 is 9.37. The first kappa shape index (κ1) is 12.9. The third-order valence-corrected chi connectivity index (χ3v) is 1.77. The molecule has 90 valence electrons. The molecule has 0 spiro atoms. The highest BCUT2D eigenvalue weighted by atomic mass is 16.5. The van der Waals surface area contributed by atoms with Crippen molar-refractivity contribution in [1.29, 1.82) is 0 Å². The van der Waals surface area contributed by atoms with Crippen molar-refractivity contribution in [2.45, 2.75) is 13.5 Å². The zero-order valence-corrected chi connectivity index (χ0v) is 9.46. The van der Waals surface area contributed by atoms with Crippen LogP contribution in [-0.2, 0) is 20.9 Å². The molecule has 0 atom stereocenters. The molecule has 0 N–H and O–H groups in total. The lowest BCUT2D eigenvalue weighted by molar-refractivity contribution is -0.134. The van der Waals surface area contributed by atoms with Crippen molar-refractivity contribution in [3.8, 4) is 0 Å². The molecule has 0 aliphatic rings. The quantitative estimate of drug-likeness (QED) is 0.591. The minimum absolute atomic E-state index is 0.125. The first-order chi connectivity index (χ1) is 8.22. The van der Waals surface area contributed by atoms with Crippen LogP contribution in [0.3, 0.4) is 0 Å². The second kappa shape index (κ2) is 7.16. The summed E-state index contributed by atoms with van der Waals surface area (Å²) in [5, 5.41) is 0. The minimum Gasteiger partial charge on any atom is -0.462 e. The van der Waals surface area contributed by atoms with E-state index in [1.54, 1.807) is 6.92 Å². The average molecular weight is 235 g/mol. The van der Waals surface area contributed by atoms with Crippen LogP contribution in [0, 0.1) is 0 Å². The molecular weight excluding hydrogens is 222 g/mol. The molecule has 0 saturated heterocycles. The monoisotopic (exact) mass is 235 g/mol. The Kier molecular flexibility index (Phi) is 5.43. The fraction of sp³-hybridized carbons (Fsp3) is 0.250. The highest BCUT2D eigenvalue weighted by Gasteiger charge is 2.01. The van der Waals surface area contributed by atoms with Gasteiger partial charge in [-0.25, -0.2) is 9.59 Å². The van der Waals surface area contributed by atoms with E-state index in [-0.39, 0.29) is 13.2 Å². The van der Waals surface area contributed by atoms with Gasteiger partial charge in [-0.1, -0.05) is 30.3 Å². The van der Waals surface area contributed by atoms with Gasteiger partial charge in [0.1, 0.15) is 12.8 Å². The molecule has 5 heteroatoms. The van der Waals surface area contributed by atoms with E-state index in [1.807, 2.05) is 30.3 Å². The molecule has 0 saturated carbocycles. The normalized spacial score (nSPS) is 10.2. The van der Waals surface area contributed by atoms with Crippen molar-refractivity contribution in [3.05, 3.63) is 35.9 Å². The topological polar surface area (TPSA) is 65.0 Å². The van der Waals surface area contributed by atoms with Crippen LogP contribution >= 0.6 is 0 Å². The average Bonchev–Trinajstić information content (AvgIpc) is 2.35. The minimum atomic E-state index is -0.818. The van der Waals surface area contributed by atoms with Gasteiger partial charge in [0.25, 0.3) is 0 Å². The summed E-state index contributed by atoms with van der Waals surface area (Å²) in [5.41, 5.74) is 0.854. The van der Waals surface area contributed by atoms with Crippen molar-refractivity contribution < 1.29 is 19.1 Å². The highest BCUT2D eigenvalue weighted by Crippen LogP contribution is 2.01. The zero-order chi connectivity index (χ0) is 12.5. The van der Waals surface area contributed by atoms with Gasteiger partial charge >= 0.3 is 12.1 Å². The number of hydrogen-bond donors (Lipinski definition) is 0. The Morgan fingerprint density at radius 3 is 2.59 bits per heavy atom. The maximum atomic E-state index is 11.1. The molecule has 0 bridgehead atoms. The van der Waals surface area contributed by atoms with Crippen LogP contribution in [0.25, 0.3) is 0 Å². The van der Waals surface area contributed by atoms with E-state index in [1.165, 1.54) is 0 Å². The second-order valence-electron chi connectivity index (χ2n) is 3.05. The van der Waals surface area contributed by atoms with Crippen molar-refractivity contribution >= 4 is 18.3 Å². The number of rotatable bonds is 4. The standard InChI is InChI=1S/C12H13NO4/c1-2-16-11(14)8-13-12(15)17-9-10-6-4-3-5-7-10/h3-8H,2,9H2,1H3/b13-8+. The van der Waals surface area contributed by atoms with Crippen LogP contribution in [0.5, 0.6) is 0 Å². The fourth-order valence-corrected chi connectivity index (χ4v) is 1.04. The van der Waals surface area contributed by atoms with Crippen molar-refractivity contribution in [1.82, 2.24) is 0 Å². The molecular formula is C12H13NO4. The second-order valence-corrected chi connectivity index (χ2v) is 3.05. The van der Waals surface area contributed by atoms with Crippen LogP contribution in [0.2, 0.25) is 0 Å². The summed E-state index contributed by atoms with van der Waals surface area (Å²) >= 11 is 0. The molecule has 0 aromatic heterocycles. The number of ether oxygens (including phenoxy) is 2. The number of aliphatic imine (C=N–C) groups is 1. The molecule has 0 unspecified atom stereocenters. The first-order valence-corrected chi connectivity index (χ1v) is 5.14. The number of benzene rings is 1. The van der Waals surface area contributed by atoms with Crippen molar-refractivity contribution in [2.24, 2.45) is 4.99 Å². The lowest BCUT2D eigenvalue weighted by atomic mass is 10.2. The van der Waals surface area contributed by atoms with Gasteiger partial charge in [0.2, 0.25) is 0 Å². The van der Waals surface area contributed by atoms with Gasteiger partial charge in [-0.3, -0.25) is 0 Å².